The Morgan fingerprint density at radius 2 is 1.35 bits per heavy atom. The highest BCUT2D eigenvalue weighted by molar-refractivity contribution is 5.10. The van der Waals surface area contributed by atoms with E-state index in [2.05, 4.69) is 0 Å². The van der Waals surface area contributed by atoms with Gasteiger partial charge in [0.2, 0.25) is 0 Å². The maximum Gasteiger partial charge on any atom is 0.0733 e. The van der Waals surface area contributed by atoms with Crippen LogP contribution in [0.2, 0.25) is 0 Å². The minimum atomic E-state index is -1.11. The van der Waals surface area contributed by atoms with Gasteiger partial charge in [0.15, 0.2) is 0 Å². The Balaban J connectivity index is 4.80. The maximum atomic E-state index is 10.5. The molecule has 4 nitrogen and oxygen atoms in total. The molecule has 4 N–H and O–H groups in total. The average molecular weight is 247 g/mol. The summed E-state index contributed by atoms with van der Waals surface area (Å²) in [6.07, 6.45) is -0.334. The molecule has 0 aromatic heterocycles. The van der Waals surface area contributed by atoms with E-state index in [1.165, 1.54) is 0 Å². The number of rotatable bonds is 8. The fourth-order valence-electron chi connectivity index (χ4n) is 2.20. The molecule has 0 aromatic carbocycles. The van der Waals surface area contributed by atoms with Gasteiger partial charge in [-0.1, -0.05) is 6.92 Å². The van der Waals surface area contributed by atoms with Crippen molar-refractivity contribution in [1.82, 2.24) is 0 Å². The molecule has 0 spiro atoms. The van der Waals surface area contributed by atoms with Crippen LogP contribution in [-0.2, 0) is 0 Å². The van der Waals surface area contributed by atoms with E-state index < -0.39 is 23.9 Å². The first-order chi connectivity index (χ1) is 7.71. The van der Waals surface area contributed by atoms with Crippen molar-refractivity contribution in [3.05, 3.63) is 5.92 Å². The molecule has 0 saturated heterocycles. The smallest absolute Gasteiger partial charge is 0.0733 e. The molecule has 4 atom stereocenters. The van der Waals surface area contributed by atoms with E-state index in [1.54, 1.807) is 20.8 Å². The highest BCUT2D eigenvalue weighted by atomic mass is 16.3. The minimum Gasteiger partial charge on any atom is -0.393 e. The van der Waals surface area contributed by atoms with Crippen molar-refractivity contribution >= 4 is 0 Å². The van der Waals surface area contributed by atoms with Crippen LogP contribution in [0.3, 0.4) is 0 Å². The van der Waals surface area contributed by atoms with Crippen LogP contribution in [-0.4, -0.2) is 44.3 Å². The third-order valence-corrected chi connectivity index (χ3v) is 2.96. The molecule has 0 aliphatic heterocycles. The Kier molecular flexibility index (Phi) is 7.24. The van der Waals surface area contributed by atoms with E-state index >= 15 is 0 Å². The molecule has 0 bridgehead atoms. The van der Waals surface area contributed by atoms with Gasteiger partial charge in [0.05, 0.1) is 23.9 Å². The molecular formula is C13H27O4. The standard InChI is InChI=1S/C13H27O4/c1-5-13(17,8-11(4)16)12(6-9(2)14)7-10(3)15/h9-11,14-17H,5-8H2,1-4H3. The predicted molar refractivity (Wildman–Crippen MR) is 67.4 cm³/mol. The van der Waals surface area contributed by atoms with E-state index in [-0.39, 0.29) is 6.42 Å². The van der Waals surface area contributed by atoms with Crippen molar-refractivity contribution in [2.24, 2.45) is 0 Å². The lowest BCUT2D eigenvalue weighted by atomic mass is 9.75. The Morgan fingerprint density at radius 3 is 1.59 bits per heavy atom. The molecule has 0 saturated carbocycles. The van der Waals surface area contributed by atoms with Crippen LogP contribution in [0.4, 0.5) is 0 Å². The molecule has 0 amide bonds. The summed E-state index contributed by atoms with van der Waals surface area (Å²) in [6, 6.07) is 0. The van der Waals surface area contributed by atoms with Crippen LogP contribution in [0.5, 0.6) is 0 Å². The van der Waals surface area contributed by atoms with E-state index in [0.29, 0.717) is 25.2 Å². The summed E-state index contributed by atoms with van der Waals surface area (Å²) >= 11 is 0. The second-order valence-corrected chi connectivity index (χ2v) is 5.15. The molecule has 103 valence electrons. The molecule has 1 radical (unpaired) electrons. The first-order valence-corrected chi connectivity index (χ1v) is 6.33. The third-order valence-electron chi connectivity index (χ3n) is 2.96. The van der Waals surface area contributed by atoms with Gasteiger partial charge in [-0.3, -0.25) is 0 Å². The zero-order chi connectivity index (χ0) is 13.6. The largest absolute Gasteiger partial charge is 0.393 e. The van der Waals surface area contributed by atoms with E-state index in [0.717, 1.165) is 0 Å². The molecule has 0 fully saturated rings. The van der Waals surface area contributed by atoms with Crippen LogP contribution < -0.4 is 0 Å². The zero-order valence-corrected chi connectivity index (χ0v) is 11.3. The van der Waals surface area contributed by atoms with Crippen molar-refractivity contribution in [3.63, 3.8) is 0 Å². The van der Waals surface area contributed by atoms with Crippen LogP contribution in [0, 0.1) is 5.92 Å². The number of aliphatic hydroxyl groups is 4. The molecule has 0 aliphatic rings. The van der Waals surface area contributed by atoms with E-state index in [9.17, 15) is 20.4 Å². The maximum absolute atomic E-state index is 10.5. The summed E-state index contributed by atoms with van der Waals surface area (Å²) in [5.41, 5.74) is -1.11. The highest BCUT2D eigenvalue weighted by Gasteiger charge is 2.37. The molecule has 0 aliphatic carbocycles. The van der Waals surface area contributed by atoms with Crippen LogP contribution in [0.25, 0.3) is 0 Å². The van der Waals surface area contributed by atoms with Crippen LogP contribution in [0.15, 0.2) is 0 Å². The lowest BCUT2D eigenvalue weighted by Gasteiger charge is -2.37. The van der Waals surface area contributed by atoms with Gasteiger partial charge in [-0.05, 0) is 40.0 Å². The molecule has 4 heteroatoms. The topological polar surface area (TPSA) is 80.9 Å². The van der Waals surface area contributed by atoms with Crippen LogP contribution in [0.1, 0.15) is 53.4 Å². The predicted octanol–water partition coefficient (Wildman–Crippen LogP) is 1.01. The first-order valence-electron chi connectivity index (χ1n) is 6.33. The third kappa shape index (κ3) is 6.36. The van der Waals surface area contributed by atoms with Gasteiger partial charge >= 0.3 is 0 Å². The number of aliphatic hydroxyl groups excluding tert-OH is 3. The summed E-state index contributed by atoms with van der Waals surface area (Å²) in [4.78, 5) is 0. The summed E-state index contributed by atoms with van der Waals surface area (Å²) < 4.78 is 0. The lowest BCUT2D eigenvalue weighted by molar-refractivity contribution is -0.0163. The second-order valence-electron chi connectivity index (χ2n) is 5.15. The SMILES string of the molecule is CCC(O)(CC(C)O)[C](CC(C)O)CC(C)O. The number of hydrogen-bond acceptors (Lipinski definition) is 4. The van der Waals surface area contributed by atoms with Crippen molar-refractivity contribution in [1.29, 1.82) is 0 Å². The monoisotopic (exact) mass is 247 g/mol. The average Bonchev–Trinajstić information content (AvgIpc) is 2.14. The van der Waals surface area contributed by atoms with Crippen LogP contribution >= 0.6 is 0 Å². The van der Waals surface area contributed by atoms with E-state index in [1.807, 2.05) is 6.92 Å². The Hall–Kier alpha value is -0.160. The lowest BCUT2D eigenvalue weighted by Crippen LogP contribution is -2.41. The summed E-state index contributed by atoms with van der Waals surface area (Å²) in [7, 11) is 0. The molecule has 0 heterocycles. The zero-order valence-electron chi connectivity index (χ0n) is 11.3. The quantitative estimate of drug-likeness (QED) is 0.516. The first kappa shape index (κ1) is 16.8. The summed E-state index contributed by atoms with van der Waals surface area (Å²) in [5, 5.41) is 38.9. The van der Waals surface area contributed by atoms with Gasteiger partial charge in [-0.25, -0.2) is 0 Å². The normalized spacial score (nSPS) is 21.0. The molecule has 0 aromatic rings. The van der Waals surface area contributed by atoms with Crippen molar-refractivity contribution < 1.29 is 20.4 Å². The van der Waals surface area contributed by atoms with E-state index in [4.69, 9.17) is 0 Å². The minimum absolute atomic E-state index is 0.234. The van der Waals surface area contributed by atoms with Crippen molar-refractivity contribution in [3.8, 4) is 0 Å². The van der Waals surface area contributed by atoms with Crippen molar-refractivity contribution in [2.75, 3.05) is 0 Å². The fraction of sp³-hybridized carbons (Fsp3) is 0.923. The van der Waals surface area contributed by atoms with Gasteiger partial charge in [-0.15, -0.1) is 0 Å². The second kappa shape index (κ2) is 7.31. The molecule has 17 heavy (non-hydrogen) atoms. The van der Waals surface area contributed by atoms with Gasteiger partial charge in [-0.2, -0.15) is 0 Å². The van der Waals surface area contributed by atoms with Gasteiger partial charge in [0.1, 0.15) is 0 Å². The van der Waals surface area contributed by atoms with Gasteiger partial charge in [0, 0.05) is 12.3 Å². The Labute approximate surface area is 104 Å². The van der Waals surface area contributed by atoms with Crippen molar-refractivity contribution in [2.45, 2.75) is 77.3 Å². The molecule has 0 rings (SSSR count). The summed E-state index contributed by atoms with van der Waals surface area (Å²) in [6.45, 7) is 6.77. The summed E-state index contributed by atoms with van der Waals surface area (Å²) in [5.74, 6) is 0.714. The van der Waals surface area contributed by atoms with Gasteiger partial charge < -0.3 is 20.4 Å². The van der Waals surface area contributed by atoms with Gasteiger partial charge in [0.25, 0.3) is 0 Å². The Morgan fingerprint density at radius 1 is 0.941 bits per heavy atom. The molecular weight excluding hydrogens is 220 g/mol. The molecule has 4 unspecified atom stereocenters. The highest BCUT2D eigenvalue weighted by Crippen LogP contribution is 2.35. The fourth-order valence-corrected chi connectivity index (χ4v) is 2.20. The Bertz CT molecular complexity index is 194. The number of hydrogen-bond donors (Lipinski definition) is 4.